The fourth-order valence-corrected chi connectivity index (χ4v) is 3.70. The fraction of sp³-hybridized carbons (Fsp3) is 0.158. The van der Waals surface area contributed by atoms with E-state index in [1.807, 2.05) is 38.1 Å². The standard InChI is InChI=1S/C19H17ClFN3OS/c1-11-5-3-4-6-14(11)18-23-12(2)17(26-18)10-22-19(25)24-13-7-8-16(21)15(20)9-13/h3-9H,10H2,1-2H3,(H2,22,24,25). The Labute approximate surface area is 160 Å². The molecule has 7 heteroatoms. The summed E-state index contributed by atoms with van der Waals surface area (Å²) < 4.78 is 13.2. The Bertz CT molecular complexity index is 958. The van der Waals surface area contributed by atoms with Crippen molar-refractivity contribution in [3.05, 3.63) is 69.4 Å². The molecule has 0 radical (unpaired) electrons. The Kier molecular flexibility index (Phi) is 5.54. The lowest BCUT2D eigenvalue weighted by Gasteiger charge is -2.07. The minimum Gasteiger partial charge on any atom is -0.333 e. The first-order valence-corrected chi connectivity index (χ1v) is 9.15. The Morgan fingerprint density at radius 2 is 2.00 bits per heavy atom. The topological polar surface area (TPSA) is 54.0 Å². The van der Waals surface area contributed by atoms with E-state index in [9.17, 15) is 9.18 Å². The summed E-state index contributed by atoms with van der Waals surface area (Å²) in [6.45, 7) is 4.33. The van der Waals surface area contributed by atoms with Crippen LogP contribution in [0.3, 0.4) is 0 Å². The summed E-state index contributed by atoms with van der Waals surface area (Å²) in [4.78, 5) is 17.6. The molecule has 3 aromatic rings. The van der Waals surface area contributed by atoms with E-state index in [2.05, 4.69) is 15.6 Å². The zero-order valence-electron chi connectivity index (χ0n) is 14.3. The third-order valence-corrected chi connectivity index (χ3v) is 5.34. The number of thiazole rings is 1. The zero-order chi connectivity index (χ0) is 18.7. The number of nitrogens with one attached hydrogen (secondary N) is 2. The molecule has 0 saturated heterocycles. The minimum absolute atomic E-state index is 0.0380. The first-order valence-electron chi connectivity index (χ1n) is 7.96. The molecular formula is C19H17ClFN3OS. The molecule has 1 aromatic heterocycles. The number of amides is 2. The van der Waals surface area contributed by atoms with E-state index >= 15 is 0 Å². The maximum Gasteiger partial charge on any atom is 0.319 e. The molecule has 1 heterocycles. The molecule has 2 aromatic carbocycles. The van der Waals surface area contributed by atoms with Crippen molar-refractivity contribution in [1.82, 2.24) is 10.3 Å². The van der Waals surface area contributed by atoms with Gasteiger partial charge in [0.15, 0.2) is 0 Å². The highest BCUT2D eigenvalue weighted by Gasteiger charge is 2.12. The number of rotatable bonds is 4. The Balaban J connectivity index is 1.65. The number of carbonyl (C=O) groups excluding carboxylic acids is 1. The lowest BCUT2D eigenvalue weighted by molar-refractivity contribution is 0.252. The molecule has 0 aliphatic rings. The quantitative estimate of drug-likeness (QED) is 0.615. The summed E-state index contributed by atoms with van der Waals surface area (Å²) >= 11 is 7.27. The van der Waals surface area contributed by atoms with E-state index < -0.39 is 11.8 Å². The fourth-order valence-electron chi connectivity index (χ4n) is 2.43. The van der Waals surface area contributed by atoms with Gasteiger partial charge in [0.25, 0.3) is 0 Å². The molecule has 4 nitrogen and oxygen atoms in total. The number of anilines is 1. The van der Waals surface area contributed by atoms with Crippen LogP contribution in [0.1, 0.15) is 16.1 Å². The third kappa shape index (κ3) is 4.20. The average Bonchev–Trinajstić information content (AvgIpc) is 2.97. The van der Waals surface area contributed by atoms with Crippen LogP contribution in [-0.2, 0) is 6.54 Å². The lowest BCUT2D eigenvalue weighted by Crippen LogP contribution is -2.28. The molecule has 134 valence electrons. The van der Waals surface area contributed by atoms with Gasteiger partial charge in [0.05, 0.1) is 17.3 Å². The van der Waals surface area contributed by atoms with E-state index in [-0.39, 0.29) is 5.02 Å². The normalized spacial score (nSPS) is 10.6. The Morgan fingerprint density at radius 3 is 2.73 bits per heavy atom. The van der Waals surface area contributed by atoms with Crippen molar-refractivity contribution in [3.8, 4) is 10.6 Å². The number of nitrogens with zero attached hydrogens (tertiary/aromatic N) is 1. The molecule has 26 heavy (non-hydrogen) atoms. The van der Waals surface area contributed by atoms with Gasteiger partial charge in [-0.3, -0.25) is 0 Å². The summed E-state index contributed by atoms with van der Waals surface area (Å²) in [6.07, 6.45) is 0. The number of halogens is 2. The van der Waals surface area contributed by atoms with Crippen molar-refractivity contribution in [2.45, 2.75) is 20.4 Å². The van der Waals surface area contributed by atoms with Gasteiger partial charge in [0, 0.05) is 16.1 Å². The van der Waals surface area contributed by atoms with Gasteiger partial charge in [-0.1, -0.05) is 35.9 Å². The van der Waals surface area contributed by atoms with Crippen LogP contribution in [0.15, 0.2) is 42.5 Å². The SMILES string of the molecule is Cc1ccccc1-c1nc(C)c(CNC(=O)Nc2ccc(F)c(Cl)c2)s1. The Hall–Kier alpha value is -2.44. The number of benzene rings is 2. The lowest BCUT2D eigenvalue weighted by atomic mass is 10.1. The maximum atomic E-state index is 13.2. The highest BCUT2D eigenvalue weighted by atomic mass is 35.5. The number of aromatic nitrogens is 1. The molecule has 0 bridgehead atoms. The highest BCUT2D eigenvalue weighted by molar-refractivity contribution is 7.15. The number of hydrogen-bond acceptors (Lipinski definition) is 3. The number of hydrogen-bond donors (Lipinski definition) is 2. The number of aryl methyl sites for hydroxylation is 2. The second-order valence-corrected chi connectivity index (χ2v) is 7.27. The zero-order valence-corrected chi connectivity index (χ0v) is 15.8. The molecule has 2 amide bonds. The molecule has 0 spiro atoms. The van der Waals surface area contributed by atoms with Crippen LogP contribution in [0.5, 0.6) is 0 Å². The number of carbonyl (C=O) groups is 1. The second kappa shape index (κ2) is 7.85. The molecular weight excluding hydrogens is 373 g/mol. The van der Waals surface area contributed by atoms with Crippen LogP contribution in [-0.4, -0.2) is 11.0 Å². The van der Waals surface area contributed by atoms with Crippen molar-refractivity contribution < 1.29 is 9.18 Å². The molecule has 0 fully saturated rings. The van der Waals surface area contributed by atoms with E-state index in [0.29, 0.717) is 12.2 Å². The summed E-state index contributed by atoms with van der Waals surface area (Å²) in [5, 5.41) is 6.31. The molecule has 0 saturated carbocycles. The van der Waals surface area contributed by atoms with Crippen LogP contribution in [0.2, 0.25) is 5.02 Å². The van der Waals surface area contributed by atoms with Gasteiger partial charge in [0.2, 0.25) is 0 Å². The van der Waals surface area contributed by atoms with E-state index in [0.717, 1.165) is 26.7 Å². The van der Waals surface area contributed by atoms with Crippen molar-refractivity contribution in [2.75, 3.05) is 5.32 Å². The van der Waals surface area contributed by atoms with Crippen molar-refractivity contribution in [2.24, 2.45) is 0 Å². The molecule has 0 aliphatic heterocycles. The molecule has 0 atom stereocenters. The molecule has 0 unspecified atom stereocenters. The van der Waals surface area contributed by atoms with Gasteiger partial charge >= 0.3 is 6.03 Å². The summed E-state index contributed by atoms with van der Waals surface area (Å²) in [5.41, 5.74) is 3.57. The van der Waals surface area contributed by atoms with Gasteiger partial charge in [-0.2, -0.15) is 0 Å². The van der Waals surface area contributed by atoms with E-state index in [1.165, 1.54) is 18.2 Å². The summed E-state index contributed by atoms with van der Waals surface area (Å²) in [6, 6.07) is 11.7. The molecule has 0 aliphatic carbocycles. The number of urea groups is 1. The van der Waals surface area contributed by atoms with Crippen LogP contribution < -0.4 is 10.6 Å². The maximum absolute atomic E-state index is 13.2. The Morgan fingerprint density at radius 1 is 1.23 bits per heavy atom. The summed E-state index contributed by atoms with van der Waals surface area (Å²) in [5.74, 6) is -0.526. The van der Waals surface area contributed by atoms with Gasteiger partial charge in [-0.15, -0.1) is 11.3 Å². The second-order valence-electron chi connectivity index (χ2n) is 5.78. The van der Waals surface area contributed by atoms with Crippen molar-refractivity contribution in [1.29, 1.82) is 0 Å². The third-order valence-electron chi connectivity index (χ3n) is 3.86. The monoisotopic (exact) mass is 389 g/mol. The van der Waals surface area contributed by atoms with Crippen molar-refractivity contribution in [3.63, 3.8) is 0 Å². The first-order chi connectivity index (χ1) is 12.4. The smallest absolute Gasteiger partial charge is 0.319 e. The van der Waals surface area contributed by atoms with Gasteiger partial charge in [-0.05, 0) is 37.6 Å². The average molecular weight is 390 g/mol. The molecule has 2 N–H and O–H groups in total. The van der Waals surface area contributed by atoms with E-state index in [1.54, 1.807) is 11.3 Å². The predicted molar refractivity (Wildman–Crippen MR) is 104 cm³/mol. The predicted octanol–water partition coefficient (Wildman–Crippen LogP) is 5.54. The van der Waals surface area contributed by atoms with Crippen LogP contribution in [0, 0.1) is 19.7 Å². The van der Waals surface area contributed by atoms with Crippen LogP contribution in [0.4, 0.5) is 14.9 Å². The molecule has 3 rings (SSSR count). The largest absolute Gasteiger partial charge is 0.333 e. The van der Waals surface area contributed by atoms with Gasteiger partial charge < -0.3 is 10.6 Å². The summed E-state index contributed by atoms with van der Waals surface area (Å²) in [7, 11) is 0. The van der Waals surface area contributed by atoms with Gasteiger partial charge in [0.1, 0.15) is 10.8 Å². The van der Waals surface area contributed by atoms with Gasteiger partial charge in [-0.25, -0.2) is 14.2 Å². The van der Waals surface area contributed by atoms with Crippen LogP contribution >= 0.6 is 22.9 Å². The van der Waals surface area contributed by atoms with E-state index in [4.69, 9.17) is 11.6 Å². The van der Waals surface area contributed by atoms with Crippen molar-refractivity contribution >= 4 is 34.7 Å². The highest BCUT2D eigenvalue weighted by Crippen LogP contribution is 2.30. The minimum atomic E-state index is -0.526. The first kappa shape index (κ1) is 18.4. The van der Waals surface area contributed by atoms with Crippen LogP contribution in [0.25, 0.3) is 10.6 Å².